The number of benzene rings is 1. The second-order valence-electron chi connectivity index (χ2n) is 3.87. The number of nitrogens with zero attached hydrogens (tertiary/aromatic N) is 1. The lowest BCUT2D eigenvalue weighted by Gasteiger charge is -2.02. The summed E-state index contributed by atoms with van der Waals surface area (Å²) in [6.07, 6.45) is 3.55. The molecule has 1 heterocycles. The summed E-state index contributed by atoms with van der Waals surface area (Å²) in [4.78, 5) is 4.00. The van der Waals surface area contributed by atoms with Crippen LogP contribution in [0.15, 0.2) is 36.5 Å². The predicted octanol–water partition coefficient (Wildman–Crippen LogP) is 5.09. The molecule has 0 fully saturated rings. The number of allylic oxidation sites excluding steroid dienone is 1. The summed E-state index contributed by atoms with van der Waals surface area (Å²) in [7, 11) is 0. The Morgan fingerprint density at radius 2 is 2.00 bits per heavy atom. The van der Waals surface area contributed by atoms with Gasteiger partial charge in [0, 0.05) is 6.20 Å². The smallest absolute Gasteiger partial charge is 0.142 e. The van der Waals surface area contributed by atoms with E-state index in [0.29, 0.717) is 5.15 Å². The average Bonchev–Trinajstić information content (AvgIpc) is 2.34. The minimum Gasteiger partial charge on any atom is -0.244 e. The van der Waals surface area contributed by atoms with E-state index in [1.54, 1.807) is 18.3 Å². The third kappa shape index (κ3) is 3.09. The van der Waals surface area contributed by atoms with E-state index in [4.69, 9.17) is 23.2 Å². The van der Waals surface area contributed by atoms with Crippen molar-refractivity contribution < 1.29 is 4.39 Å². The standard InChI is InChI=1S/C14H10Cl2FN/c1-9(11-3-5-14(16)18-8-11)6-10-2-4-12(15)13(17)7-10/h2-8H,1H3. The predicted molar refractivity (Wildman–Crippen MR) is 74.2 cm³/mol. The van der Waals surface area contributed by atoms with Crippen molar-refractivity contribution in [1.82, 2.24) is 4.98 Å². The van der Waals surface area contributed by atoms with E-state index in [0.717, 1.165) is 16.7 Å². The molecule has 0 spiro atoms. The lowest BCUT2D eigenvalue weighted by molar-refractivity contribution is 0.628. The Hall–Kier alpha value is -1.38. The first-order chi connectivity index (χ1) is 8.56. The van der Waals surface area contributed by atoms with Gasteiger partial charge in [0.05, 0.1) is 5.02 Å². The largest absolute Gasteiger partial charge is 0.244 e. The van der Waals surface area contributed by atoms with Crippen molar-refractivity contribution in [2.45, 2.75) is 6.92 Å². The highest BCUT2D eigenvalue weighted by Crippen LogP contribution is 2.21. The van der Waals surface area contributed by atoms with Crippen LogP contribution in [0.2, 0.25) is 10.2 Å². The van der Waals surface area contributed by atoms with E-state index >= 15 is 0 Å². The van der Waals surface area contributed by atoms with Crippen LogP contribution >= 0.6 is 23.2 Å². The fourth-order valence-electron chi connectivity index (χ4n) is 1.54. The second-order valence-corrected chi connectivity index (χ2v) is 4.66. The number of hydrogen-bond donors (Lipinski definition) is 0. The lowest BCUT2D eigenvalue weighted by atomic mass is 10.1. The van der Waals surface area contributed by atoms with Crippen LogP contribution in [0.25, 0.3) is 11.6 Å². The first-order valence-electron chi connectivity index (χ1n) is 5.31. The molecule has 4 heteroatoms. The Morgan fingerprint density at radius 1 is 1.22 bits per heavy atom. The van der Waals surface area contributed by atoms with Crippen LogP contribution in [0.1, 0.15) is 18.1 Å². The quantitative estimate of drug-likeness (QED) is 0.699. The van der Waals surface area contributed by atoms with Gasteiger partial charge in [0.25, 0.3) is 0 Å². The van der Waals surface area contributed by atoms with Crippen molar-refractivity contribution in [2.75, 3.05) is 0 Å². The van der Waals surface area contributed by atoms with Crippen LogP contribution in [0.3, 0.4) is 0 Å². The summed E-state index contributed by atoms with van der Waals surface area (Å²) in [5.41, 5.74) is 2.67. The summed E-state index contributed by atoms with van der Waals surface area (Å²) < 4.78 is 13.3. The van der Waals surface area contributed by atoms with Crippen LogP contribution in [0.4, 0.5) is 4.39 Å². The summed E-state index contributed by atoms with van der Waals surface area (Å²) >= 11 is 11.4. The molecule has 1 aromatic heterocycles. The van der Waals surface area contributed by atoms with Crippen molar-refractivity contribution >= 4 is 34.9 Å². The molecule has 1 aromatic carbocycles. The van der Waals surface area contributed by atoms with E-state index in [-0.39, 0.29) is 5.02 Å². The summed E-state index contributed by atoms with van der Waals surface area (Å²) in [6, 6.07) is 8.29. The molecule has 0 bridgehead atoms. The highest BCUT2D eigenvalue weighted by Gasteiger charge is 2.01. The lowest BCUT2D eigenvalue weighted by Crippen LogP contribution is -1.84. The highest BCUT2D eigenvalue weighted by molar-refractivity contribution is 6.30. The molecule has 0 aliphatic heterocycles. The van der Waals surface area contributed by atoms with Crippen molar-refractivity contribution in [2.24, 2.45) is 0 Å². The molecule has 0 aliphatic rings. The minimum atomic E-state index is -0.424. The fraction of sp³-hybridized carbons (Fsp3) is 0.0714. The summed E-state index contributed by atoms with van der Waals surface area (Å²) in [6.45, 7) is 1.93. The maximum Gasteiger partial charge on any atom is 0.142 e. The molecule has 0 saturated carbocycles. The van der Waals surface area contributed by atoms with E-state index in [9.17, 15) is 4.39 Å². The molecule has 2 rings (SSSR count). The van der Waals surface area contributed by atoms with Crippen molar-refractivity contribution in [3.05, 3.63) is 63.6 Å². The van der Waals surface area contributed by atoms with Gasteiger partial charge in [0.1, 0.15) is 11.0 Å². The SMILES string of the molecule is CC(=Cc1ccc(Cl)c(F)c1)c1ccc(Cl)nc1. The van der Waals surface area contributed by atoms with Crippen LogP contribution in [0.5, 0.6) is 0 Å². The number of hydrogen-bond acceptors (Lipinski definition) is 1. The zero-order valence-electron chi connectivity index (χ0n) is 9.62. The van der Waals surface area contributed by atoms with Gasteiger partial charge in [0.15, 0.2) is 0 Å². The molecule has 0 N–H and O–H groups in total. The molecule has 0 atom stereocenters. The van der Waals surface area contributed by atoms with Crippen molar-refractivity contribution in [3.63, 3.8) is 0 Å². The molecular weight excluding hydrogens is 272 g/mol. The van der Waals surface area contributed by atoms with Gasteiger partial charge in [-0.05, 0) is 41.8 Å². The van der Waals surface area contributed by atoms with Gasteiger partial charge in [-0.1, -0.05) is 41.4 Å². The number of halogens is 3. The van der Waals surface area contributed by atoms with E-state index in [1.165, 1.54) is 12.1 Å². The van der Waals surface area contributed by atoms with Crippen molar-refractivity contribution in [1.29, 1.82) is 0 Å². The van der Waals surface area contributed by atoms with Gasteiger partial charge in [-0.2, -0.15) is 0 Å². The molecule has 0 radical (unpaired) electrons. The molecule has 2 aromatic rings. The van der Waals surface area contributed by atoms with Gasteiger partial charge >= 0.3 is 0 Å². The van der Waals surface area contributed by atoms with Gasteiger partial charge in [-0.3, -0.25) is 0 Å². The van der Waals surface area contributed by atoms with Gasteiger partial charge < -0.3 is 0 Å². The van der Waals surface area contributed by atoms with E-state index < -0.39 is 5.82 Å². The molecular formula is C14H10Cl2FN. The molecule has 1 nitrogen and oxygen atoms in total. The zero-order chi connectivity index (χ0) is 13.1. The Balaban J connectivity index is 2.32. The molecule has 92 valence electrons. The Kier molecular flexibility index (Phi) is 4.00. The molecule has 0 saturated heterocycles. The first-order valence-corrected chi connectivity index (χ1v) is 6.07. The van der Waals surface area contributed by atoms with Crippen LogP contribution < -0.4 is 0 Å². The van der Waals surface area contributed by atoms with Crippen LogP contribution in [-0.2, 0) is 0 Å². The summed E-state index contributed by atoms with van der Waals surface area (Å²) in [5, 5.41) is 0.571. The van der Waals surface area contributed by atoms with Crippen LogP contribution in [0, 0.1) is 5.82 Å². The average molecular weight is 282 g/mol. The Morgan fingerprint density at radius 3 is 2.61 bits per heavy atom. The van der Waals surface area contributed by atoms with Crippen LogP contribution in [-0.4, -0.2) is 4.98 Å². The van der Waals surface area contributed by atoms with E-state index in [2.05, 4.69) is 4.98 Å². The normalized spacial score (nSPS) is 11.7. The maximum absolute atomic E-state index is 13.3. The molecule has 0 amide bonds. The monoisotopic (exact) mass is 281 g/mol. The third-order valence-electron chi connectivity index (χ3n) is 2.51. The Labute approximate surface area is 115 Å². The van der Waals surface area contributed by atoms with E-state index in [1.807, 2.05) is 19.1 Å². The summed E-state index contributed by atoms with van der Waals surface area (Å²) in [5.74, 6) is -0.424. The Bertz CT molecular complexity index is 591. The van der Waals surface area contributed by atoms with Gasteiger partial charge in [-0.15, -0.1) is 0 Å². The first kappa shape index (κ1) is 13.1. The van der Waals surface area contributed by atoms with Gasteiger partial charge in [0.2, 0.25) is 0 Å². The molecule has 0 aliphatic carbocycles. The number of aromatic nitrogens is 1. The zero-order valence-corrected chi connectivity index (χ0v) is 11.1. The van der Waals surface area contributed by atoms with Gasteiger partial charge in [-0.25, -0.2) is 9.37 Å². The topological polar surface area (TPSA) is 12.9 Å². The highest BCUT2D eigenvalue weighted by atomic mass is 35.5. The third-order valence-corrected chi connectivity index (χ3v) is 3.04. The maximum atomic E-state index is 13.3. The number of pyridine rings is 1. The van der Waals surface area contributed by atoms with Crippen molar-refractivity contribution in [3.8, 4) is 0 Å². The number of rotatable bonds is 2. The minimum absolute atomic E-state index is 0.123. The fourth-order valence-corrected chi connectivity index (χ4v) is 1.77. The second kappa shape index (κ2) is 5.51. The molecule has 18 heavy (non-hydrogen) atoms. The molecule has 0 unspecified atom stereocenters.